The molecule has 0 aliphatic heterocycles. The zero-order valence-corrected chi connectivity index (χ0v) is 9.50. The fraction of sp³-hybridized carbons (Fsp3) is 0.714. The van der Waals surface area contributed by atoms with Gasteiger partial charge in [-0.1, -0.05) is 37.6 Å². The minimum Gasteiger partial charge on any atom is -0.0845 e. The third-order valence-electron chi connectivity index (χ3n) is 3.88. The second kappa shape index (κ2) is 4.33. The Balaban J connectivity index is 2.18. The Labute approximate surface area is 88.1 Å². The maximum atomic E-state index is 2.42. The highest BCUT2D eigenvalue weighted by molar-refractivity contribution is 5.23. The van der Waals surface area contributed by atoms with Crippen molar-refractivity contribution in [3.63, 3.8) is 0 Å². The molecule has 1 saturated carbocycles. The summed E-state index contributed by atoms with van der Waals surface area (Å²) in [5.74, 6) is 2.63. The molecule has 0 heterocycles. The van der Waals surface area contributed by atoms with Crippen LogP contribution in [0.3, 0.4) is 0 Å². The van der Waals surface area contributed by atoms with E-state index in [-0.39, 0.29) is 0 Å². The van der Waals surface area contributed by atoms with Crippen LogP contribution in [0.15, 0.2) is 23.8 Å². The second-order valence-corrected chi connectivity index (χ2v) is 5.15. The third kappa shape index (κ3) is 1.94. The summed E-state index contributed by atoms with van der Waals surface area (Å²) >= 11 is 0. The van der Waals surface area contributed by atoms with Crippen molar-refractivity contribution in [3.8, 4) is 0 Å². The van der Waals surface area contributed by atoms with Gasteiger partial charge >= 0.3 is 0 Å². The smallest absolute Gasteiger partial charge is 0.0174 e. The zero-order valence-electron chi connectivity index (χ0n) is 9.50. The van der Waals surface area contributed by atoms with Crippen molar-refractivity contribution >= 4 is 0 Å². The molecule has 1 fully saturated rings. The number of allylic oxidation sites excluding steroid dienone is 4. The molecule has 0 aromatic rings. The van der Waals surface area contributed by atoms with E-state index in [1.807, 2.05) is 0 Å². The van der Waals surface area contributed by atoms with Crippen LogP contribution in [0, 0.1) is 17.8 Å². The maximum absolute atomic E-state index is 2.42. The molecule has 0 aromatic carbocycles. The highest BCUT2D eigenvalue weighted by atomic mass is 14.4. The summed E-state index contributed by atoms with van der Waals surface area (Å²) in [5.41, 5.74) is 1.76. The van der Waals surface area contributed by atoms with E-state index >= 15 is 0 Å². The molecule has 2 atom stereocenters. The summed E-state index contributed by atoms with van der Waals surface area (Å²) in [6.07, 6.45) is 14.0. The first-order chi connectivity index (χ1) is 6.79. The minimum atomic E-state index is 0.832. The van der Waals surface area contributed by atoms with Gasteiger partial charge in [0.1, 0.15) is 0 Å². The molecular weight excluding hydrogens is 168 g/mol. The first-order valence-electron chi connectivity index (χ1n) is 6.15. The average molecular weight is 190 g/mol. The molecule has 2 unspecified atom stereocenters. The highest BCUT2D eigenvalue weighted by Crippen LogP contribution is 2.43. The van der Waals surface area contributed by atoms with Crippen molar-refractivity contribution in [1.29, 1.82) is 0 Å². The van der Waals surface area contributed by atoms with E-state index in [0.717, 1.165) is 17.8 Å². The van der Waals surface area contributed by atoms with E-state index in [4.69, 9.17) is 0 Å². The fourth-order valence-electron chi connectivity index (χ4n) is 3.06. The highest BCUT2D eigenvalue weighted by Gasteiger charge is 2.31. The molecule has 0 aromatic heterocycles. The predicted molar refractivity (Wildman–Crippen MR) is 62.1 cm³/mol. The summed E-state index contributed by atoms with van der Waals surface area (Å²) in [6.45, 7) is 4.74. The second-order valence-electron chi connectivity index (χ2n) is 5.15. The van der Waals surface area contributed by atoms with Gasteiger partial charge in [-0.2, -0.15) is 0 Å². The van der Waals surface area contributed by atoms with Crippen molar-refractivity contribution in [2.24, 2.45) is 17.8 Å². The average Bonchev–Trinajstić information content (AvgIpc) is 2.47. The summed E-state index contributed by atoms with van der Waals surface area (Å²) in [7, 11) is 0. The SMILES string of the molecule is CC(C)C1CCC2CCCC=CC=C21. The Morgan fingerprint density at radius 1 is 1.21 bits per heavy atom. The number of rotatable bonds is 1. The van der Waals surface area contributed by atoms with Gasteiger partial charge in [-0.15, -0.1) is 0 Å². The van der Waals surface area contributed by atoms with Gasteiger partial charge in [0.05, 0.1) is 0 Å². The molecule has 2 aliphatic carbocycles. The molecule has 0 saturated heterocycles. The first-order valence-corrected chi connectivity index (χ1v) is 6.15. The molecular formula is C14H22. The molecule has 2 aliphatic rings. The van der Waals surface area contributed by atoms with Crippen molar-refractivity contribution in [2.45, 2.75) is 46.0 Å². The predicted octanol–water partition coefficient (Wildman–Crippen LogP) is 4.34. The molecule has 0 amide bonds. The van der Waals surface area contributed by atoms with E-state index in [9.17, 15) is 0 Å². The lowest BCUT2D eigenvalue weighted by Gasteiger charge is -2.20. The molecule has 0 nitrogen and oxygen atoms in total. The number of hydrogen-bond donors (Lipinski definition) is 0. The third-order valence-corrected chi connectivity index (χ3v) is 3.88. The zero-order chi connectivity index (χ0) is 9.97. The van der Waals surface area contributed by atoms with Crippen molar-refractivity contribution in [1.82, 2.24) is 0 Å². The normalized spacial score (nSPS) is 32.4. The van der Waals surface area contributed by atoms with Gasteiger partial charge in [-0.05, 0) is 49.9 Å². The Morgan fingerprint density at radius 3 is 2.86 bits per heavy atom. The maximum Gasteiger partial charge on any atom is -0.0174 e. The topological polar surface area (TPSA) is 0 Å². The van der Waals surface area contributed by atoms with Crippen LogP contribution < -0.4 is 0 Å². The summed E-state index contributed by atoms with van der Waals surface area (Å²) in [6, 6.07) is 0. The van der Waals surface area contributed by atoms with Gasteiger partial charge in [-0.3, -0.25) is 0 Å². The summed E-state index contributed by atoms with van der Waals surface area (Å²) in [4.78, 5) is 0. The van der Waals surface area contributed by atoms with Crippen molar-refractivity contribution in [2.75, 3.05) is 0 Å². The Hall–Kier alpha value is -0.520. The van der Waals surface area contributed by atoms with Gasteiger partial charge in [0.25, 0.3) is 0 Å². The molecule has 0 spiro atoms. The summed E-state index contributed by atoms with van der Waals surface area (Å²) < 4.78 is 0. The van der Waals surface area contributed by atoms with E-state index < -0.39 is 0 Å². The van der Waals surface area contributed by atoms with E-state index in [0.29, 0.717) is 0 Å². The van der Waals surface area contributed by atoms with Gasteiger partial charge in [0.2, 0.25) is 0 Å². The molecule has 0 N–H and O–H groups in total. The van der Waals surface area contributed by atoms with Crippen LogP contribution in [0.1, 0.15) is 46.0 Å². The van der Waals surface area contributed by atoms with Crippen LogP contribution >= 0.6 is 0 Å². The Kier molecular flexibility index (Phi) is 3.10. The van der Waals surface area contributed by atoms with E-state index in [2.05, 4.69) is 32.1 Å². The van der Waals surface area contributed by atoms with Gasteiger partial charge in [-0.25, -0.2) is 0 Å². The molecule has 14 heavy (non-hydrogen) atoms. The van der Waals surface area contributed by atoms with Crippen molar-refractivity contribution < 1.29 is 0 Å². The monoisotopic (exact) mass is 190 g/mol. The van der Waals surface area contributed by atoms with Crippen LogP contribution in [0.25, 0.3) is 0 Å². The van der Waals surface area contributed by atoms with Crippen LogP contribution in [-0.4, -0.2) is 0 Å². The molecule has 78 valence electrons. The molecule has 2 rings (SSSR count). The lowest BCUT2D eigenvalue weighted by molar-refractivity contribution is 0.451. The van der Waals surface area contributed by atoms with Crippen molar-refractivity contribution in [3.05, 3.63) is 23.8 Å². The lowest BCUT2D eigenvalue weighted by atomic mass is 9.85. The number of fused-ring (bicyclic) bond motifs is 1. The van der Waals surface area contributed by atoms with Crippen LogP contribution in [0.5, 0.6) is 0 Å². The van der Waals surface area contributed by atoms with Gasteiger partial charge in [0, 0.05) is 0 Å². The van der Waals surface area contributed by atoms with Crippen LogP contribution in [-0.2, 0) is 0 Å². The molecule has 0 radical (unpaired) electrons. The van der Waals surface area contributed by atoms with Gasteiger partial charge < -0.3 is 0 Å². The fourth-order valence-corrected chi connectivity index (χ4v) is 3.06. The Morgan fingerprint density at radius 2 is 2.07 bits per heavy atom. The van der Waals surface area contributed by atoms with Crippen LogP contribution in [0.4, 0.5) is 0 Å². The summed E-state index contributed by atoms with van der Waals surface area (Å²) in [5, 5.41) is 0. The quantitative estimate of drug-likeness (QED) is 0.577. The van der Waals surface area contributed by atoms with Crippen LogP contribution in [0.2, 0.25) is 0 Å². The molecule has 0 bridgehead atoms. The lowest BCUT2D eigenvalue weighted by Crippen LogP contribution is -2.09. The van der Waals surface area contributed by atoms with E-state index in [1.165, 1.54) is 32.1 Å². The van der Waals surface area contributed by atoms with Gasteiger partial charge in [0.15, 0.2) is 0 Å². The largest absolute Gasteiger partial charge is 0.0845 e. The standard InChI is InChI=1S/C14H22/c1-11(2)13-10-9-12-7-5-3-4-6-8-14(12)13/h4,6,8,11-13H,3,5,7,9-10H2,1-2H3. The molecule has 0 heteroatoms. The minimum absolute atomic E-state index is 0.832. The number of hydrogen-bond acceptors (Lipinski definition) is 0. The first kappa shape index (κ1) is 10.0. The van der Waals surface area contributed by atoms with E-state index in [1.54, 1.807) is 5.57 Å². The Bertz CT molecular complexity index is 245.